The summed E-state index contributed by atoms with van der Waals surface area (Å²) in [7, 11) is -0.925. The molecule has 1 atom stereocenters. The van der Waals surface area contributed by atoms with E-state index in [-0.39, 0.29) is 17.0 Å². The van der Waals surface area contributed by atoms with Crippen molar-refractivity contribution in [2.24, 2.45) is 0 Å². The van der Waals surface area contributed by atoms with E-state index in [0.29, 0.717) is 19.6 Å². The van der Waals surface area contributed by atoms with Crippen molar-refractivity contribution >= 4 is 9.84 Å². The van der Waals surface area contributed by atoms with Crippen LogP contribution in [0.2, 0.25) is 0 Å². The van der Waals surface area contributed by atoms with Crippen molar-refractivity contribution in [3.63, 3.8) is 0 Å². The molecule has 0 saturated carbocycles. The molecule has 122 valence electrons. The molecular weight excluding hydrogens is 298 g/mol. The second-order valence-corrected chi connectivity index (χ2v) is 8.73. The van der Waals surface area contributed by atoms with Crippen molar-refractivity contribution in [3.05, 3.63) is 42.0 Å². The second-order valence-electron chi connectivity index (χ2n) is 6.55. The van der Waals surface area contributed by atoms with E-state index in [2.05, 4.69) is 11.5 Å². The molecule has 0 unspecified atom stereocenters. The van der Waals surface area contributed by atoms with E-state index in [9.17, 15) is 8.42 Å². The monoisotopic (exact) mass is 323 g/mol. The van der Waals surface area contributed by atoms with Gasteiger partial charge in [-0.25, -0.2) is 8.42 Å². The van der Waals surface area contributed by atoms with Gasteiger partial charge in [-0.1, -0.05) is 24.8 Å². The third-order valence-corrected chi connectivity index (χ3v) is 6.15. The van der Waals surface area contributed by atoms with Gasteiger partial charge in [-0.2, -0.15) is 0 Å². The summed E-state index contributed by atoms with van der Waals surface area (Å²) >= 11 is 0. The number of hydrogen-bond donors (Lipinski definition) is 0. The molecule has 5 heteroatoms. The first-order valence-corrected chi connectivity index (χ1v) is 9.31. The summed E-state index contributed by atoms with van der Waals surface area (Å²) in [5, 5.41) is 0. The standard InChI is InChI=1S/C17H25NO3S/c1-14(2)12-21-16-8-6-5-7-15(16)11-18(4)17(3)9-10-22(19,20)13-17/h5-8H,1,9-13H2,2-4H3/t17-/m1/s1. The van der Waals surface area contributed by atoms with Crippen LogP contribution in [0.15, 0.2) is 36.4 Å². The lowest BCUT2D eigenvalue weighted by atomic mass is 9.99. The third-order valence-electron chi connectivity index (χ3n) is 4.26. The minimum absolute atomic E-state index is 0.227. The first kappa shape index (κ1) is 17.0. The maximum Gasteiger partial charge on any atom is 0.152 e. The van der Waals surface area contributed by atoms with E-state index < -0.39 is 9.84 Å². The van der Waals surface area contributed by atoms with Gasteiger partial charge in [0, 0.05) is 17.6 Å². The minimum Gasteiger partial charge on any atom is -0.489 e. The average Bonchev–Trinajstić information content (AvgIpc) is 2.73. The van der Waals surface area contributed by atoms with Gasteiger partial charge in [0.2, 0.25) is 0 Å². The highest BCUT2D eigenvalue weighted by atomic mass is 32.2. The molecule has 1 aromatic carbocycles. The molecule has 22 heavy (non-hydrogen) atoms. The van der Waals surface area contributed by atoms with Gasteiger partial charge in [0.15, 0.2) is 9.84 Å². The van der Waals surface area contributed by atoms with E-state index >= 15 is 0 Å². The Hall–Kier alpha value is -1.33. The number of rotatable bonds is 6. The van der Waals surface area contributed by atoms with Crippen LogP contribution in [-0.2, 0) is 16.4 Å². The summed E-state index contributed by atoms with van der Waals surface area (Å²) in [5.41, 5.74) is 1.73. The fourth-order valence-electron chi connectivity index (χ4n) is 2.72. The lowest BCUT2D eigenvalue weighted by Crippen LogP contribution is -2.44. The SMILES string of the molecule is C=C(C)COc1ccccc1CN(C)[C@]1(C)CCS(=O)(=O)C1. The lowest BCUT2D eigenvalue weighted by Gasteiger charge is -2.34. The smallest absolute Gasteiger partial charge is 0.152 e. The summed E-state index contributed by atoms with van der Waals surface area (Å²) in [4.78, 5) is 2.13. The molecule has 2 rings (SSSR count). The van der Waals surface area contributed by atoms with Crippen LogP contribution in [-0.4, -0.2) is 44.0 Å². The number of ether oxygens (including phenoxy) is 1. The Morgan fingerprint density at radius 1 is 1.41 bits per heavy atom. The van der Waals surface area contributed by atoms with Crippen LogP contribution in [0.1, 0.15) is 25.8 Å². The molecule has 0 aliphatic carbocycles. The molecule has 1 fully saturated rings. The normalized spacial score (nSPS) is 23.6. The largest absolute Gasteiger partial charge is 0.489 e. The molecule has 0 spiro atoms. The molecule has 1 aliphatic heterocycles. The number of para-hydroxylation sites is 1. The van der Waals surface area contributed by atoms with Gasteiger partial charge in [-0.05, 0) is 39.0 Å². The van der Waals surface area contributed by atoms with Crippen LogP contribution in [0.3, 0.4) is 0 Å². The van der Waals surface area contributed by atoms with Crippen LogP contribution < -0.4 is 4.74 Å². The zero-order chi connectivity index (χ0) is 16.4. The molecule has 1 heterocycles. The lowest BCUT2D eigenvalue weighted by molar-refractivity contribution is 0.152. The van der Waals surface area contributed by atoms with E-state index in [1.807, 2.05) is 45.2 Å². The van der Waals surface area contributed by atoms with Gasteiger partial charge in [0.05, 0.1) is 11.5 Å². The highest BCUT2D eigenvalue weighted by molar-refractivity contribution is 7.91. The molecule has 1 aliphatic rings. The Labute approximate surface area is 133 Å². The summed E-state index contributed by atoms with van der Waals surface area (Å²) in [6.45, 7) is 8.96. The van der Waals surface area contributed by atoms with Crippen molar-refractivity contribution in [2.75, 3.05) is 25.2 Å². The predicted molar refractivity (Wildman–Crippen MR) is 89.9 cm³/mol. The fraction of sp³-hybridized carbons (Fsp3) is 0.529. The predicted octanol–water partition coefficient (Wildman–Crippen LogP) is 2.65. The molecular formula is C17H25NO3S. The zero-order valence-electron chi connectivity index (χ0n) is 13.6. The Morgan fingerprint density at radius 3 is 2.68 bits per heavy atom. The van der Waals surface area contributed by atoms with Crippen LogP contribution in [0.5, 0.6) is 5.75 Å². The first-order chi connectivity index (χ1) is 10.2. The average molecular weight is 323 g/mol. The molecule has 1 aromatic rings. The summed E-state index contributed by atoms with van der Waals surface area (Å²) in [6.07, 6.45) is 0.681. The highest BCUT2D eigenvalue weighted by Gasteiger charge is 2.41. The zero-order valence-corrected chi connectivity index (χ0v) is 14.4. The number of nitrogens with zero attached hydrogens (tertiary/aromatic N) is 1. The molecule has 0 N–H and O–H groups in total. The fourth-order valence-corrected chi connectivity index (χ4v) is 4.92. The van der Waals surface area contributed by atoms with Gasteiger partial charge in [0.1, 0.15) is 12.4 Å². The second kappa shape index (κ2) is 6.42. The Kier molecular flexibility index (Phi) is 4.97. The number of sulfone groups is 1. The Bertz CT molecular complexity index is 654. The van der Waals surface area contributed by atoms with E-state index in [1.165, 1.54) is 0 Å². The van der Waals surface area contributed by atoms with E-state index in [4.69, 9.17) is 4.74 Å². The minimum atomic E-state index is -2.91. The Balaban J connectivity index is 2.12. The topological polar surface area (TPSA) is 46.6 Å². The Morgan fingerprint density at radius 2 is 2.09 bits per heavy atom. The molecule has 0 bridgehead atoms. The maximum absolute atomic E-state index is 11.8. The van der Waals surface area contributed by atoms with Crippen molar-refractivity contribution in [2.45, 2.75) is 32.4 Å². The summed E-state index contributed by atoms with van der Waals surface area (Å²) in [5.74, 6) is 1.34. The van der Waals surface area contributed by atoms with E-state index in [1.54, 1.807) is 0 Å². The number of benzene rings is 1. The summed E-state index contributed by atoms with van der Waals surface area (Å²) in [6, 6.07) is 7.89. The van der Waals surface area contributed by atoms with Gasteiger partial charge in [-0.3, -0.25) is 4.90 Å². The number of hydrogen-bond acceptors (Lipinski definition) is 4. The molecule has 0 aromatic heterocycles. The van der Waals surface area contributed by atoms with Gasteiger partial charge in [-0.15, -0.1) is 0 Å². The molecule has 4 nitrogen and oxygen atoms in total. The first-order valence-electron chi connectivity index (χ1n) is 7.49. The third kappa shape index (κ3) is 4.11. The summed E-state index contributed by atoms with van der Waals surface area (Å²) < 4.78 is 29.4. The quantitative estimate of drug-likeness (QED) is 0.755. The molecule has 1 saturated heterocycles. The van der Waals surface area contributed by atoms with Crippen LogP contribution in [0, 0.1) is 0 Å². The maximum atomic E-state index is 11.8. The van der Waals surface area contributed by atoms with Crippen molar-refractivity contribution in [1.29, 1.82) is 0 Å². The molecule has 0 amide bonds. The van der Waals surface area contributed by atoms with Crippen molar-refractivity contribution < 1.29 is 13.2 Å². The van der Waals surface area contributed by atoms with Crippen molar-refractivity contribution in [1.82, 2.24) is 4.90 Å². The molecule has 0 radical (unpaired) electrons. The van der Waals surface area contributed by atoms with Crippen molar-refractivity contribution in [3.8, 4) is 5.75 Å². The van der Waals surface area contributed by atoms with Crippen LogP contribution >= 0.6 is 0 Å². The van der Waals surface area contributed by atoms with Gasteiger partial charge >= 0.3 is 0 Å². The highest BCUT2D eigenvalue weighted by Crippen LogP contribution is 2.31. The van der Waals surface area contributed by atoms with Gasteiger partial charge in [0.25, 0.3) is 0 Å². The van der Waals surface area contributed by atoms with Gasteiger partial charge < -0.3 is 4.74 Å². The van der Waals surface area contributed by atoms with Crippen LogP contribution in [0.4, 0.5) is 0 Å². The van der Waals surface area contributed by atoms with Crippen LogP contribution in [0.25, 0.3) is 0 Å². The van der Waals surface area contributed by atoms with E-state index in [0.717, 1.165) is 16.9 Å².